The van der Waals surface area contributed by atoms with Gasteiger partial charge in [-0.15, -0.1) is 0 Å². The molecular weight excluding hydrogens is 613 g/mol. The predicted octanol–water partition coefficient (Wildman–Crippen LogP) is 0.00480. The van der Waals surface area contributed by atoms with E-state index >= 15 is 0 Å². The minimum atomic E-state index is -5.08. The van der Waals surface area contributed by atoms with Crippen molar-refractivity contribution in [3.8, 4) is 5.75 Å². The van der Waals surface area contributed by atoms with Crippen molar-refractivity contribution >= 4 is 35.5 Å². The molecule has 2 aliphatic rings. The summed E-state index contributed by atoms with van der Waals surface area (Å²) in [5.74, 6) is -5.58. The smallest absolute Gasteiger partial charge is 0.483 e. The zero-order valence-corrected chi connectivity index (χ0v) is 24.2. The molecule has 5 amide bonds. The van der Waals surface area contributed by atoms with Gasteiger partial charge in [0, 0.05) is 26.2 Å². The Hall–Kier alpha value is -4.13. The highest BCUT2D eigenvalue weighted by molar-refractivity contribution is 6.24. The number of rotatable bonds is 17. The highest BCUT2D eigenvalue weighted by atomic mass is 19.4. The second-order valence-electron chi connectivity index (χ2n) is 9.40. The van der Waals surface area contributed by atoms with E-state index in [1.807, 2.05) is 0 Å². The van der Waals surface area contributed by atoms with Crippen molar-refractivity contribution in [2.75, 3.05) is 59.3 Å². The van der Waals surface area contributed by atoms with E-state index in [1.54, 1.807) is 0 Å². The Balaban J connectivity index is 0.000000900. The maximum atomic E-state index is 13.0. The van der Waals surface area contributed by atoms with Crippen molar-refractivity contribution in [1.29, 1.82) is 0 Å². The molecule has 18 heteroatoms. The molecule has 5 N–H and O–H groups in total. The third-order valence-corrected chi connectivity index (χ3v) is 6.06. The van der Waals surface area contributed by atoms with Crippen LogP contribution in [-0.2, 0) is 33.4 Å². The van der Waals surface area contributed by atoms with Gasteiger partial charge in [0.05, 0.1) is 37.6 Å². The van der Waals surface area contributed by atoms with Gasteiger partial charge in [-0.1, -0.05) is 6.07 Å². The Bertz CT molecular complexity index is 1210. The van der Waals surface area contributed by atoms with Gasteiger partial charge in [-0.2, -0.15) is 13.2 Å². The van der Waals surface area contributed by atoms with Crippen LogP contribution in [0.2, 0.25) is 0 Å². The lowest BCUT2D eigenvalue weighted by Crippen LogP contribution is -2.54. The van der Waals surface area contributed by atoms with Crippen LogP contribution in [0.3, 0.4) is 0 Å². The van der Waals surface area contributed by atoms with Crippen LogP contribution in [0.15, 0.2) is 18.2 Å². The summed E-state index contributed by atoms with van der Waals surface area (Å²) in [7, 11) is 0. The lowest BCUT2D eigenvalue weighted by molar-refractivity contribution is -0.192. The molecule has 250 valence electrons. The lowest BCUT2D eigenvalue weighted by atomic mass is 10.0. The number of benzene rings is 1. The number of carboxylic acid groups (broad SMARTS) is 1. The fraction of sp³-hybridized carbons (Fsp3) is 0.556. The summed E-state index contributed by atoms with van der Waals surface area (Å²) in [6.07, 6.45) is -3.60. The van der Waals surface area contributed by atoms with E-state index < -0.39 is 47.7 Å². The van der Waals surface area contributed by atoms with Crippen LogP contribution in [0.25, 0.3) is 0 Å². The molecule has 0 spiro atoms. The van der Waals surface area contributed by atoms with Crippen LogP contribution in [0.5, 0.6) is 5.75 Å². The fourth-order valence-electron chi connectivity index (χ4n) is 3.93. The van der Waals surface area contributed by atoms with Crippen LogP contribution in [0.1, 0.15) is 46.4 Å². The zero-order chi connectivity index (χ0) is 33.4. The summed E-state index contributed by atoms with van der Waals surface area (Å²) >= 11 is 0. The van der Waals surface area contributed by atoms with Crippen LogP contribution in [0, 0.1) is 0 Å². The maximum Gasteiger partial charge on any atom is 0.490 e. The van der Waals surface area contributed by atoms with Crippen molar-refractivity contribution in [2.45, 2.75) is 37.9 Å². The topological polar surface area (TPSA) is 213 Å². The first-order valence-corrected chi connectivity index (χ1v) is 13.9. The first-order chi connectivity index (χ1) is 21.4. The number of nitrogens with one attached hydrogen (secondary N) is 2. The fourth-order valence-corrected chi connectivity index (χ4v) is 3.93. The largest absolute Gasteiger partial charge is 0.490 e. The average Bonchev–Trinajstić information content (AvgIpc) is 3.24. The number of hydrogen-bond donors (Lipinski definition) is 4. The number of carbonyl (C=O) groups excluding carboxylic acids is 5. The number of imide groups is 2. The zero-order valence-electron chi connectivity index (χ0n) is 24.2. The molecular formula is C27H35F3N4O11. The van der Waals surface area contributed by atoms with Crippen LogP contribution < -0.4 is 21.1 Å². The predicted molar refractivity (Wildman–Crippen MR) is 146 cm³/mol. The number of amides is 5. The summed E-state index contributed by atoms with van der Waals surface area (Å²) in [5.41, 5.74) is 5.45. The van der Waals surface area contributed by atoms with Gasteiger partial charge in [0.2, 0.25) is 11.8 Å². The maximum absolute atomic E-state index is 13.0. The number of fused-ring (bicyclic) bond motifs is 1. The van der Waals surface area contributed by atoms with Crippen LogP contribution in [-0.4, -0.2) is 117 Å². The monoisotopic (exact) mass is 648 g/mol. The molecule has 3 rings (SSSR count). The van der Waals surface area contributed by atoms with E-state index in [2.05, 4.69) is 10.6 Å². The molecule has 0 aliphatic carbocycles. The number of nitrogens with zero attached hydrogens (tertiary/aromatic N) is 1. The summed E-state index contributed by atoms with van der Waals surface area (Å²) in [5, 5.41) is 12.0. The van der Waals surface area contributed by atoms with E-state index in [1.165, 1.54) is 18.2 Å². The molecule has 1 aromatic rings. The lowest BCUT2D eigenvalue weighted by Gasteiger charge is -2.27. The Morgan fingerprint density at radius 1 is 0.978 bits per heavy atom. The molecule has 1 fully saturated rings. The Kier molecular flexibility index (Phi) is 15.3. The first-order valence-electron chi connectivity index (χ1n) is 13.9. The third-order valence-electron chi connectivity index (χ3n) is 6.06. The van der Waals surface area contributed by atoms with E-state index in [4.69, 9.17) is 34.6 Å². The van der Waals surface area contributed by atoms with E-state index in [-0.39, 0.29) is 36.3 Å². The number of aliphatic carboxylic acids is 1. The molecule has 45 heavy (non-hydrogen) atoms. The van der Waals surface area contributed by atoms with E-state index in [0.29, 0.717) is 59.2 Å². The first kappa shape index (κ1) is 37.1. The quantitative estimate of drug-likeness (QED) is 0.130. The molecule has 0 bridgehead atoms. The molecule has 1 aromatic carbocycles. The van der Waals surface area contributed by atoms with E-state index in [9.17, 15) is 37.1 Å². The number of alkyl halides is 3. The Labute approximate surface area is 255 Å². The van der Waals surface area contributed by atoms with Gasteiger partial charge in [0.15, 0.2) is 6.61 Å². The molecule has 15 nitrogen and oxygen atoms in total. The number of halogens is 3. The number of hydrogen-bond acceptors (Lipinski definition) is 11. The summed E-state index contributed by atoms with van der Waals surface area (Å²) < 4.78 is 53.4. The molecule has 1 saturated heterocycles. The van der Waals surface area contributed by atoms with Crippen molar-refractivity contribution in [1.82, 2.24) is 15.5 Å². The molecule has 0 aromatic heterocycles. The SMILES string of the molecule is NCCCOCCOCCOCCCNC(=O)COc1cccc2c1C(=O)N(C1CCC(=O)NC1=O)C2=O.O=C(O)C(F)(F)F. The van der Waals surface area contributed by atoms with Gasteiger partial charge < -0.3 is 35.1 Å². The Morgan fingerprint density at radius 3 is 2.16 bits per heavy atom. The molecule has 1 unspecified atom stereocenters. The van der Waals surface area contributed by atoms with Crippen molar-refractivity contribution in [2.24, 2.45) is 5.73 Å². The number of carboxylic acids is 1. The van der Waals surface area contributed by atoms with Gasteiger partial charge in [0.25, 0.3) is 17.7 Å². The van der Waals surface area contributed by atoms with Crippen molar-refractivity contribution in [3.63, 3.8) is 0 Å². The summed E-state index contributed by atoms with van der Waals surface area (Å²) in [4.78, 5) is 71.5. The second kappa shape index (κ2) is 18.6. The number of nitrogens with two attached hydrogens (primary N) is 1. The number of piperidine rings is 1. The van der Waals surface area contributed by atoms with Gasteiger partial charge in [-0.25, -0.2) is 4.79 Å². The standard InChI is InChI=1S/C25H34N4O9.C2HF3O2/c26-8-2-10-35-12-14-37-15-13-36-11-3-9-27-21(31)16-38-19-5-1-4-17-22(19)25(34)29(24(17)33)18-6-7-20(30)28-23(18)32;3-2(4,5)1(6)7/h1,4-5,18H,2-3,6-16,26H2,(H,27,31)(H,28,30,32);(H,6,7). The van der Waals surface area contributed by atoms with E-state index in [0.717, 1.165) is 11.3 Å². The van der Waals surface area contributed by atoms with Crippen LogP contribution >= 0.6 is 0 Å². The average molecular weight is 649 g/mol. The molecule has 0 radical (unpaired) electrons. The summed E-state index contributed by atoms with van der Waals surface area (Å²) in [6, 6.07) is 3.39. The number of ether oxygens (including phenoxy) is 4. The normalized spacial score (nSPS) is 16.1. The minimum absolute atomic E-state index is 0.00672. The molecule has 2 heterocycles. The van der Waals surface area contributed by atoms with Gasteiger partial charge in [-0.3, -0.25) is 34.2 Å². The minimum Gasteiger partial charge on any atom is -0.483 e. The van der Waals surface area contributed by atoms with Crippen molar-refractivity contribution in [3.05, 3.63) is 29.3 Å². The Morgan fingerprint density at radius 2 is 1.58 bits per heavy atom. The summed E-state index contributed by atoms with van der Waals surface area (Å²) in [6.45, 7) is 3.56. The molecule has 1 atom stereocenters. The number of carbonyl (C=O) groups is 6. The van der Waals surface area contributed by atoms with Gasteiger partial charge in [-0.05, 0) is 37.9 Å². The highest BCUT2D eigenvalue weighted by Crippen LogP contribution is 2.33. The van der Waals surface area contributed by atoms with Gasteiger partial charge in [0.1, 0.15) is 11.8 Å². The third kappa shape index (κ3) is 12.1. The second-order valence-corrected chi connectivity index (χ2v) is 9.40. The van der Waals surface area contributed by atoms with Crippen molar-refractivity contribution < 1.29 is 66.0 Å². The van der Waals surface area contributed by atoms with Crippen LogP contribution in [0.4, 0.5) is 13.2 Å². The molecule has 0 saturated carbocycles. The highest BCUT2D eigenvalue weighted by Gasteiger charge is 2.46. The molecule has 2 aliphatic heterocycles. The van der Waals surface area contributed by atoms with Gasteiger partial charge >= 0.3 is 12.1 Å².